The van der Waals surface area contributed by atoms with E-state index in [-0.39, 0.29) is 0 Å². The highest BCUT2D eigenvalue weighted by Gasteiger charge is 2.67. The van der Waals surface area contributed by atoms with E-state index in [0.717, 1.165) is 0 Å². The lowest BCUT2D eigenvalue weighted by Gasteiger charge is -2.20. The first-order valence-electron chi connectivity index (χ1n) is 5.59. The fraction of sp³-hybridized carbons (Fsp3) is 1.00. The van der Waals surface area contributed by atoms with Crippen molar-refractivity contribution < 1.29 is 0 Å². The van der Waals surface area contributed by atoms with Crippen molar-refractivity contribution in [3.63, 3.8) is 0 Å². The average Bonchev–Trinajstić information content (AvgIpc) is 2.45. The van der Waals surface area contributed by atoms with Crippen LogP contribution in [0.2, 0.25) is 25.2 Å². The second kappa shape index (κ2) is 2.00. The van der Waals surface area contributed by atoms with Crippen molar-refractivity contribution in [1.82, 2.24) is 0 Å². The topological polar surface area (TPSA) is 0 Å². The first-order chi connectivity index (χ1) is 5.59. The van der Waals surface area contributed by atoms with E-state index in [1.54, 1.807) is 19.3 Å². The summed E-state index contributed by atoms with van der Waals surface area (Å²) in [6.07, 6.45) is 4.80. The van der Waals surface area contributed by atoms with E-state index in [9.17, 15) is 0 Å². The molecule has 0 aliphatic heterocycles. The van der Waals surface area contributed by atoms with Crippen LogP contribution in [0.5, 0.6) is 0 Å². The second-order valence-electron chi connectivity index (χ2n) is 6.38. The number of hydrogen-bond acceptors (Lipinski definition) is 0. The zero-order valence-electron chi connectivity index (χ0n) is 8.51. The summed E-state index contributed by atoms with van der Waals surface area (Å²) in [5.41, 5.74) is 1.24. The zero-order valence-corrected chi connectivity index (χ0v) is 9.51. The molecule has 0 amide bonds. The molecule has 3 rings (SSSR count). The Hall–Kier alpha value is 0.217. The van der Waals surface area contributed by atoms with Gasteiger partial charge in [-0.05, 0) is 48.5 Å². The Bertz CT molecular complexity index is 200. The minimum atomic E-state index is -0.763. The summed E-state index contributed by atoms with van der Waals surface area (Å²) >= 11 is 0. The van der Waals surface area contributed by atoms with Crippen LogP contribution >= 0.6 is 0 Å². The molecule has 2 bridgehead atoms. The molecule has 0 nitrogen and oxygen atoms in total. The summed E-state index contributed by atoms with van der Waals surface area (Å²) in [7, 11) is -0.763. The predicted molar refractivity (Wildman–Crippen MR) is 54.9 cm³/mol. The molecule has 68 valence electrons. The van der Waals surface area contributed by atoms with Crippen LogP contribution in [-0.4, -0.2) is 8.07 Å². The highest BCUT2D eigenvalue weighted by atomic mass is 28.3. The van der Waals surface area contributed by atoms with Crippen molar-refractivity contribution in [3.05, 3.63) is 0 Å². The average molecular weight is 180 g/mol. The Morgan fingerprint density at radius 2 is 1.42 bits per heavy atom. The van der Waals surface area contributed by atoms with Crippen LogP contribution in [0.15, 0.2) is 0 Å². The van der Waals surface area contributed by atoms with Gasteiger partial charge in [0.15, 0.2) is 0 Å². The normalized spacial score (nSPS) is 55.8. The van der Waals surface area contributed by atoms with Gasteiger partial charge in [-0.2, -0.15) is 0 Å². The molecule has 4 unspecified atom stereocenters. The maximum absolute atomic E-state index is 2.58. The van der Waals surface area contributed by atoms with Gasteiger partial charge in [-0.1, -0.05) is 19.6 Å². The minimum absolute atomic E-state index is 0.763. The lowest BCUT2D eigenvalue weighted by molar-refractivity contribution is 0.456. The van der Waals surface area contributed by atoms with Crippen molar-refractivity contribution in [3.8, 4) is 0 Å². The lowest BCUT2D eigenvalue weighted by atomic mass is 10.0. The molecule has 0 N–H and O–H groups in total. The Balaban J connectivity index is 1.83. The van der Waals surface area contributed by atoms with E-state index in [4.69, 9.17) is 0 Å². The Morgan fingerprint density at radius 3 is 1.83 bits per heavy atom. The summed E-state index contributed by atoms with van der Waals surface area (Å²) < 4.78 is 0. The van der Waals surface area contributed by atoms with Gasteiger partial charge in [-0.3, -0.25) is 0 Å². The summed E-state index contributed by atoms with van der Waals surface area (Å²) in [6, 6.07) is 0. The standard InChI is InChI=1S/C11H20Si/c1-12(2,3)11-9-7-4-5-8(6-7)10(9)11/h7-11H,4-6H2,1-3H3. The van der Waals surface area contributed by atoms with Gasteiger partial charge in [0.25, 0.3) is 0 Å². The Morgan fingerprint density at radius 1 is 0.917 bits per heavy atom. The molecule has 12 heavy (non-hydrogen) atoms. The number of hydrogen-bond donors (Lipinski definition) is 0. The summed E-state index contributed by atoms with van der Waals surface area (Å²) in [6.45, 7) is 7.74. The predicted octanol–water partition coefficient (Wildman–Crippen LogP) is 3.37. The third kappa shape index (κ3) is 0.787. The van der Waals surface area contributed by atoms with E-state index >= 15 is 0 Å². The molecule has 0 spiro atoms. The van der Waals surface area contributed by atoms with Gasteiger partial charge in [-0.15, -0.1) is 0 Å². The molecule has 0 saturated heterocycles. The lowest BCUT2D eigenvalue weighted by Crippen LogP contribution is -2.23. The second-order valence-corrected chi connectivity index (χ2v) is 11.8. The fourth-order valence-corrected chi connectivity index (χ4v) is 7.67. The fourth-order valence-electron chi connectivity index (χ4n) is 4.48. The highest BCUT2D eigenvalue weighted by molar-refractivity contribution is 6.78. The van der Waals surface area contributed by atoms with Gasteiger partial charge >= 0.3 is 0 Å². The summed E-state index contributed by atoms with van der Waals surface area (Å²) in [5.74, 6) is 4.85. The quantitative estimate of drug-likeness (QED) is 0.543. The third-order valence-corrected chi connectivity index (χ3v) is 7.51. The van der Waals surface area contributed by atoms with Gasteiger partial charge in [0.2, 0.25) is 0 Å². The van der Waals surface area contributed by atoms with Crippen molar-refractivity contribution in [2.45, 2.75) is 44.4 Å². The first-order valence-corrected chi connectivity index (χ1v) is 9.17. The third-order valence-electron chi connectivity index (χ3n) is 4.74. The van der Waals surface area contributed by atoms with Crippen molar-refractivity contribution in [1.29, 1.82) is 0 Å². The van der Waals surface area contributed by atoms with Crippen LogP contribution in [0.1, 0.15) is 19.3 Å². The van der Waals surface area contributed by atoms with Gasteiger partial charge < -0.3 is 0 Å². The Kier molecular flexibility index (Phi) is 1.27. The SMILES string of the molecule is C[Si](C)(C)C1C2C3CCC(C3)C21. The van der Waals surface area contributed by atoms with Gasteiger partial charge in [0, 0.05) is 8.07 Å². The smallest absolute Gasteiger partial charge is 0.0479 e. The maximum Gasteiger partial charge on any atom is 0.0479 e. The van der Waals surface area contributed by atoms with Gasteiger partial charge in [-0.25, -0.2) is 0 Å². The molecule has 3 fully saturated rings. The molecule has 4 atom stereocenters. The van der Waals surface area contributed by atoms with Crippen LogP contribution in [0, 0.1) is 23.7 Å². The maximum atomic E-state index is 2.58. The molecular weight excluding hydrogens is 160 g/mol. The number of fused-ring (bicyclic) bond motifs is 5. The van der Waals surface area contributed by atoms with Crippen LogP contribution in [-0.2, 0) is 0 Å². The van der Waals surface area contributed by atoms with Crippen molar-refractivity contribution in [2.24, 2.45) is 23.7 Å². The van der Waals surface area contributed by atoms with E-state index in [0.29, 0.717) is 0 Å². The van der Waals surface area contributed by atoms with Crippen molar-refractivity contribution in [2.75, 3.05) is 0 Å². The Labute approximate surface area is 76.8 Å². The van der Waals surface area contributed by atoms with Crippen LogP contribution < -0.4 is 0 Å². The molecule has 1 heteroatoms. The first kappa shape index (κ1) is 7.60. The zero-order chi connectivity index (χ0) is 8.51. The number of rotatable bonds is 1. The van der Waals surface area contributed by atoms with Crippen LogP contribution in [0.3, 0.4) is 0 Å². The molecule has 3 saturated carbocycles. The molecule has 0 aromatic heterocycles. The molecule has 3 aliphatic carbocycles. The van der Waals surface area contributed by atoms with E-state index in [2.05, 4.69) is 19.6 Å². The molecular formula is C11H20Si. The van der Waals surface area contributed by atoms with Gasteiger partial charge in [0.1, 0.15) is 0 Å². The largest absolute Gasteiger partial charge is 0.0693 e. The highest BCUT2D eigenvalue weighted by Crippen LogP contribution is 2.75. The summed E-state index contributed by atoms with van der Waals surface area (Å²) in [4.78, 5) is 0. The van der Waals surface area contributed by atoms with E-state index < -0.39 is 8.07 Å². The van der Waals surface area contributed by atoms with Gasteiger partial charge in [0.05, 0.1) is 0 Å². The van der Waals surface area contributed by atoms with Crippen molar-refractivity contribution >= 4 is 8.07 Å². The molecule has 0 aromatic carbocycles. The monoisotopic (exact) mass is 180 g/mol. The van der Waals surface area contributed by atoms with Crippen LogP contribution in [0.4, 0.5) is 0 Å². The molecule has 0 heterocycles. The summed E-state index contributed by atoms with van der Waals surface area (Å²) in [5, 5.41) is 0. The van der Waals surface area contributed by atoms with Crippen LogP contribution in [0.25, 0.3) is 0 Å². The van der Waals surface area contributed by atoms with E-state index in [1.807, 2.05) is 0 Å². The minimum Gasteiger partial charge on any atom is -0.0693 e. The molecule has 0 aromatic rings. The molecule has 3 aliphatic rings. The molecule has 0 radical (unpaired) electrons. The van der Waals surface area contributed by atoms with E-state index in [1.165, 1.54) is 29.2 Å².